The van der Waals surface area contributed by atoms with Gasteiger partial charge >= 0.3 is 0 Å². The van der Waals surface area contributed by atoms with E-state index in [0.29, 0.717) is 25.3 Å². The fraction of sp³-hybridized carbons (Fsp3) is 0.480. The van der Waals surface area contributed by atoms with E-state index in [1.807, 2.05) is 48.3 Å². The molecule has 170 valence electrons. The highest BCUT2D eigenvalue weighted by Gasteiger charge is 2.17. The number of methoxy groups -OCH3 is 1. The van der Waals surface area contributed by atoms with Gasteiger partial charge < -0.3 is 14.6 Å². The number of amides is 1. The quantitative estimate of drug-likeness (QED) is 0.349. The van der Waals surface area contributed by atoms with Crippen LogP contribution in [0.1, 0.15) is 54.4 Å². The van der Waals surface area contributed by atoms with Gasteiger partial charge in [0.1, 0.15) is 0 Å². The average molecular weight is 453 g/mol. The molecule has 0 spiro atoms. The third kappa shape index (κ3) is 5.90. The maximum Gasteiger partial charge on any atom is 0.251 e. The fourth-order valence-electron chi connectivity index (χ4n) is 4.22. The third-order valence-electron chi connectivity index (χ3n) is 6.06. The first kappa shape index (κ1) is 22.8. The first-order valence-electron chi connectivity index (χ1n) is 11.5. The highest BCUT2D eigenvalue weighted by Crippen LogP contribution is 2.31. The van der Waals surface area contributed by atoms with Crippen molar-refractivity contribution in [1.82, 2.24) is 19.9 Å². The van der Waals surface area contributed by atoms with Crippen molar-refractivity contribution in [1.29, 1.82) is 0 Å². The zero-order valence-corrected chi connectivity index (χ0v) is 19.6. The van der Waals surface area contributed by atoms with Gasteiger partial charge in [-0.15, -0.1) is 0 Å². The van der Waals surface area contributed by atoms with Crippen molar-refractivity contribution in [3.8, 4) is 0 Å². The van der Waals surface area contributed by atoms with Gasteiger partial charge in [-0.3, -0.25) is 9.78 Å². The Bertz CT molecular complexity index is 1010. The fourth-order valence-corrected chi connectivity index (χ4v) is 5.42. The number of aromatic nitrogens is 3. The Balaban J connectivity index is 1.45. The Labute approximate surface area is 194 Å². The highest BCUT2D eigenvalue weighted by molar-refractivity contribution is 7.99. The summed E-state index contributed by atoms with van der Waals surface area (Å²) in [7, 11) is 1.67. The van der Waals surface area contributed by atoms with E-state index in [-0.39, 0.29) is 5.91 Å². The Morgan fingerprint density at radius 3 is 2.78 bits per heavy atom. The normalized spacial score (nSPS) is 14.7. The number of pyridine rings is 1. The largest absolute Gasteiger partial charge is 0.385 e. The van der Waals surface area contributed by atoms with E-state index in [1.165, 1.54) is 32.1 Å². The number of carbonyl (C=O) groups excluding carboxylic acids is 1. The van der Waals surface area contributed by atoms with Crippen LogP contribution in [0.5, 0.6) is 0 Å². The van der Waals surface area contributed by atoms with Crippen LogP contribution in [0, 0.1) is 5.92 Å². The molecule has 6 nitrogen and oxygen atoms in total. The van der Waals surface area contributed by atoms with Gasteiger partial charge in [0.15, 0.2) is 5.16 Å². The number of nitrogens with zero attached hydrogens (tertiary/aromatic N) is 3. The van der Waals surface area contributed by atoms with Gasteiger partial charge in [-0.05, 0) is 48.9 Å². The molecule has 1 fully saturated rings. The second-order valence-corrected chi connectivity index (χ2v) is 9.45. The van der Waals surface area contributed by atoms with E-state index in [4.69, 9.17) is 9.72 Å². The molecule has 2 aromatic heterocycles. The van der Waals surface area contributed by atoms with E-state index in [1.54, 1.807) is 13.3 Å². The molecule has 1 aromatic carbocycles. The van der Waals surface area contributed by atoms with E-state index >= 15 is 0 Å². The van der Waals surface area contributed by atoms with Gasteiger partial charge in [0.25, 0.3) is 5.91 Å². The average Bonchev–Trinajstić information content (AvgIpc) is 3.19. The molecule has 7 heteroatoms. The lowest BCUT2D eigenvalue weighted by atomic mass is 9.91. The van der Waals surface area contributed by atoms with E-state index in [0.717, 1.165) is 39.8 Å². The minimum Gasteiger partial charge on any atom is -0.385 e. The number of benzene rings is 1. The standard InChI is InChI=1S/C25H32N4O2S/c1-31-15-5-13-27-24(30)21-10-8-19(9-11-21)17-29-23-16-26-14-12-22(23)28-25(29)32-18-20-6-3-2-4-7-20/h8-12,14,16,20H,2-7,13,15,17-18H2,1H3,(H,27,30). The Kier molecular flexibility index (Phi) is 8.18. The predicted molar refractivity (Wildman–Crippen MR) is 129 cm³/mol. The van der Waals surface area contributed by atoms with Crippen molar-refractivity contribution in [3.63, 3.8) is 0 Å². The summed E-state index contributed by atoms with van der Waals surface area (Å²) in [4.78, 5) is 21.5. The van der Waals surface area contributed by atoms with Crippen LogP contribution in [0.2, 0.25) is 0 Å². The summed E-state index contributed by atoms with van der Waals surface area (Å²) in [5.74, 6) is 1.87. The lowest BCUT2D eigenvalue weighted by Gasteiger charge is -2.21. The molecule has 32 heavy (non-hydrogen) atoms. The monoisotopic (exact) mass is 452 g/mol. The summed E-state index contributed by atoms with van der Waals surface area (Å²) < 4.78 is 7.28. The van der Waals surface area contributed by atoms with Crippen LogP contribution in [0.15, 0.2) is 47.9 Å². The van der Waals surface area contributed by atoms with Crippen LogP contribution in [0.25, 0.3) is 11.0 Å². The zero-order chi connectivity index (χ0) is 22.2. The summed E-state index contributed by atoms with van der Waals surface area (Å²) in [6, 6.07) is 9.83. The lowest BCUT2D eigenvalue weighted by molar-refractivity contribution is 0.0948. The number of hydrogen-bond donors (Lipinski definition) is 1. The Morgan fingerprint density at radius 2 is 2.00 bits per heavy atom. The summed E-state index contributed by atoms with van der Waals surface area (Å²) >= 11 is 1.87. The van der Waals surface area contributed by atoms with Crippen molar-refractivity contribution >= 4 is 28.7 Å². The topological polar surface area (TPSA) is 69.0 Å². The molecule has 1 aliphatic rings. The summed E-state index contributed by atoms with van der Waals surface area (Å²) in [6.45, 7) is 1.98. The molecule has 1 saturated carbocycles. The number of rotatable bonds is 10. The van der Waals surface area contributed by atoms with Gasteiger partial charge in [0, 0.05) is 37.8 Å². The van der Waals surface area contributed by atoms with Crippen molar-refractivity contribution in [2.45, 2.75) is 50.2 Å². The number of thioether (sulfide) groups is 1. The van der Waals surface area contributed by atoms with Crippen LogP contribution < -0.4 is 5.32 Å². The number of hydrogen-bond acceptors (Lipinski definition) is 5. The summed E-state index contributed by atoms with van der Waals surface area (Å²) in [5, 5.41) is 3.99. The molecule has 3 aromatic rings. The second kappa shape index (κ2) is 11.5. The maximum absolute atomic E-state index is 12.3. The number of nitrogens with one attached hydrogen (secondary N) is 1. The number of carbonyl (C=O) groups is 1. The van der Waals surface area contributed by atoms with Crippen LogP contribution in [-0.2, 0) is 11.3 Å². The van der Waals surface area contributed by atoms with Crippen LogP contribution in [-0.4, -0.2) is 46.5 Å². The molecule has 1 amide bonds. The minimum atomic E-state index is -0.0475. The molecule has 0 aliphatic heterocycles. The molecular weight excluding hydrogens is 420 g/mol. The van der Waals surface area contributed by atoms with Gasteiger partial charge in [0.05, 0.1) is 23.8 Å². The molecule has 0 bridgehead atoms. The predicted octanol–water partition coefficient (Wildman–Crippen LogP) is 4.92. The maximum atomic E-state index is 12.3. The van der Waals surface area contributed by atoms with Gasteiger partial charge in [-0.1, -0.05) is 43.2 Å². The van der Waals surface area contributed by atoms with Crippen molar-refractivity contribution in [2.24, 2.45) is 5.92 Å². The molecule has 0 saturated heterocycles. The van der Waals surface area contributed by atoms with E-state index in [2.05, 4.69) is 14.9 Å². The smallest absolute Gasteiger partial charge is 0.251 e. The summed E-state index contributed by atoms with van der Waals surface area (Å²) in [5.41, 5.74) is 3.86. The number of fused-ring (bicyclic) bond motifs is 1. The Hall–Kier alpha value is -2.38. The summed E-state index contributed by atoms with van der Waals surface area (Å²) in [6.07, 6.45) is 11.3. The zero-order valence-electron chi connectivity index (χ0n) is 18.8. The van der Waals surface area contributed by atoms with E-state index in [9.17, 15) is 4.79 Å². The van der Waals surface area contributed by atoms with Crippen molar-refractivity contribution in [2.75, 3.05) is 26.0 Å². The first-order chi connectivity index (χ1) is 15.7. The van der Waals surface area contributed by atoms with Crippen molar-refractivity contribution in [3.05, 3.63) is 53.9 Å². The molecular formula is C25H32N4O2S. The van der Waals surface area contributed by atoms with Gasteiger partial charge in [0.2, 0.25) is 0 Å². The minimum absolute atomic E-state index is 0.0475. The third-order valence-corrected chi connectivity index (χ3v) is 7.26. The van der Waals surface area contributed by atoms with Crippen LogP contribution in [0.3, 0.4) is 0 Å². The van der Waals surface area contributed by atoms with Crippen LogP contribution >= 0.6 is 11.8 Å². The van der Waals surface area contributed by atoms with Gasteiger partial charge in [-0.2, -0.15) is 0 Å². The molecule has 1 aliphatic carbocycles. The molecule has 0 radical (unpaired) electrons. The SMILES string of the molecule is COCCCNC(=O)c1ccc(Cn2c(SCC3CCCCC3)nc3ccncc32)cc1. The lowest BCUT2D eigenvalue weighted by Crippen LogP contribution is -2.25. The van der Waals surface area contributed by atoms with Crippen molar-refractivity contribution < 1.29 is 9.53 Å². The first-order valence-corrected chi connectivity index (χ1v) is 12.5. The molecule has 0 atom stereocenters. The highest BCUT2D eigenvalue weighted by atomic mass is 32.2. The molecule has 4 rings (SSSR count). The molecule has 2 heterocycles. The Morgan fingerprint density at radius 1 is 1.19 bits per heavy atom. The molecule has 1 N–H and O–H groups in total. The number of ether oxygens (including phenoxy) is 1. The van der Waals surface area contributed by atoms with Crippen LogP contribution in [0.4, 0.5) is 0 Å². The number of imidazole rings is 1. The van der Waals surface area contributed by atoms with E-state index < -0.39 is 0 Å². The van der Waals surface area contributed by atoms with Gasteiger partial charge in [-0.25, -0.2) is 4.98 Å². The molecule has 0 unspecified atom stereocenters. The second-order valence-electron chi connectivity index (χ2n) is 8.46.